The fourth-order valence-corrected chi connectivity index (χ4v) is 5.85. The zero-order valence-corrected chi connectivity index (χ0v) is 13.1. The smallest absolute Gasteiger partial charge is 0.331 e. The Labute approximate surface area is 122 Å². The van der Waals surface area contributed by atoms with Crippen molar-refractivity contribution in [2.45, 2.75) is 44.1 Å². The van der Waals surface area contributed by atoms with Crippen molar-refractivity contribution >= 4 is 28.6 Å². The lowest BCUT2D eigenvalue weighted by Gasteiger charge is -2.61. The number of carbonyl (C=O) groups excluding carboxylic acids is 1. The van der Waals surface area contributed by atoms with Crippen molar-refractivity contribution in [3.63, 3.8) is 0 Å². The third-order valence-corrected chi connectivity index (χ3v) is 6.75. The van der Waals surface area contributed by atoms with Crippen LogP contribution in [0, 0.1) is 17.3 Å². The Balaban J connectivity index is 1.74. The molecule has 4 bridgehead atoms. The van der Waals surface area contributed by atoms with Gasteiger partial charge >= 0.3 is 5.97 Å². The molecule has 0 radical (unpaired) electrons. The Morgan fingerprint density at radius 2 is 1.94 bits per heavy atom. The van der Waals surface area contributed by atoms with Gasteiger partial charge in [-0.25, -0.2) is 4.79 Å². The van der Waals surface area contributed by atoms with Crippen LogP contribution in [0.4, 0.5) is 0 Å². The number of carbonyl (C=O) groups is 1. The Kier molecular flexibility index (Phi) is 3.37. The second kappa shape index (κ2) is 4.62. The van der Waals surface area contributed by atoms with Crippen molar-refractivity contribution in [1.82, 2.24) is 0 Å². The fourth-order valence-electron chi connectivity index (χ4n) is 4.96. The van der Waals surface area contributed by atoms with Gasteiger partial charge in [-0.15, -0.1) is 0 Å². The molecule has 102 valence electrons. The molecule has 0 spiro atoms. The van der Waals surface area contributed by atoms with E-state index in [0.29, 0.717) is 5.41 Å². The Morgan fingerprint density at radius 3 is 2.50 bits per heavy atom. The minimum absolute atomic E-state index is 0.0105. The molecule has 0 heterocycles. The molecule has 4 saturated carbocycles. The average Bonchev–Trinajstić information content (AvgIpc) is 2.34. The number of esters is 1. The Bertz CT molecular complexity index is 341. The first-order valence-electron chi connectivity index (χ1n) is 6.85. The van der Waals surface area contributed by atoms with Crippen LogP contribution < -0.4 is 0 Å². The van der Waals surface area contributed by atoms with E-state index in [1.54, 1.807) is 0 Å². The molecule has 0 aromatic heterocycles. The van der Waals surface area contributed by atoms with Gasteiger partial charge in [0.2, 0.25) is 0 Å². The lowest BCUT2D eigenvalue weighted by atomic mass is 9.48. The number of rotatable bonds is 4. The zero-order chi connectivity index (χ0) is 12.8. The van der Waals surface area contributed by atoms with E-state index in [2.05, 4.69) is 22.6 Å². The molecule has 0 aromatic rings. The predicted octanol–water partition coefficient (Wildman–Crippen LogP) is 2.95. The van der Waals surface area contributed by atoms with Gasteiger partial charge in [0.15, 0.2) is 0 Å². The van der Waals surface area contributed by atoms with E-state index in [0.717, 1.165) is 18.3 Å². The molecule has 0 N–H and O–H groups in total. The van der Waals surface area contributed by atoms with Crippen LogP contribution in [0.3, 0.4) is 0 Å². The third-order valence-electron chi connectivity index (χ3n) is 5.14. The summed E-state index contributed by atoms with van der Waals surface area (Å²) in [6.07, 6.45) is 7.65. The highest BCUT2D eigenvalue weighted by Gasteiger charge is 2.57. The highest BCUT2D eigenvalue weighted by atomic mass is 127. The first kappa shape index (κ1) is 13.2. The summed E-state index contributed by atoms with van der Waals surface area (Å²) in [4.78, 5) is 11.3. The van der Waals surface area contributed by atoms with Gasteiger partial charge in [-0.3, -0.25) is 0 Å². The van der Waals surface area contributed by atoms with Gasteiger partial charge in [-0.05, 0) is 55.8 Å². The number of hydrogen-bond donors (Lipinski definition) is 0. The topological polar surface area (TPSA) is 35.5 Å². The largest absolute Gasteiger partial charge is 0.467 e. The lowest BCUT2D eigenvalue weighted by Crippen LogP contribution is -2.57. The van der Waals surface area contributed by atoms with Crippen molar-refractivity contribution in [3.05, 3.63) is 0 Å². The number of halogens is 1. The molecule has 0 aliphatic heterocycles. The quantitative estimate of drug-likeness (QED) is 0.437. The second-order valence-electron chi connectivity index (χ2n) is 6.64. The van der Waals surface area contributed by atoms with Crippen LogP contribution in [-0.4, -0.2) is 29.7 Å². The fraction of sp³-hybridized carbons (Fsp3) is 0.929. The Hall–Kier alpha value is 0.160. The van der Waals surface area contributed by atoms with E-state index in [1.165, 1.54) is 43.6 Å². The van der Waals surface area contributed by atoms with Gasteiger partial charge in [0, 0.05) is 4.43 Å². The third kappa shape index (κ3) is 2.19. The van der Waals surface area contributed by atoms with Gasteiger partial charge in [-0.1, -0.05) is 22.6 Å². The first-order chi connectivity index (χ1) is 8.59. The molecule has 18 heavy (non-hydrogen) atoms. The second-order valence-corrected chi connectivity index (χ2v) is 7.41. The molecule has 2 unspecified atom stereocenters. The van der Waals surface area contributed by atoms with Crippen LogP contribution in [0.25, 0.3) is 0 Å². The van der Waals surface area contributed by atoms with Gasteiger partial charge in [-0.2, -0.15) is 0 Å². The summed E-state index contributed by atoms with van der Waals surface area (Å²) in [7, 11) is 1.43. The van der Waals surface area contributed by atoms with Crippen molar-refractivity contribution < 1.29 is 14.3 Å². The van der Waals surface area contributed by atoms with Crippen LogP contribution in [0.2, 0.25) is 0 Å². The molecule has 4 fully saturated rings. The molecule has 2 atom stereocenters. The predicted molar refractivity (Wildman–Crippen MR) is 76.7 cm³/mol. The summed E-state index contributed by atoms with van der Waals surface area (Å²) in [5.74, 6) is 1.42. The average molecular weight is 364 g/mol. The maximum Gasteiger partial charge on any atom is 0.331 e. The van der Waals surface area contributed by atoms with Crippen LogP contribution >= 0.6 is 22.6 Å². The molecule has 3 nitrogen and oxygen atoms in total. The monoisotopic (exact) mass is 364 g/mol. The summed E-state index contributed by atoms with van der Waals surface area (Å²) in [6.45, 7) is 0.132. The molecule has 0 aromatic carbocycles. The standard InChI is InChI=1S/C14H21IO3/c1-17-12(16)7-18-14-5-10-2-11(6-14)4-13(3-10,8-14)9-15/h10-11H,2-9H2,1H3. The normalized spacial score (nSPS) is 45.2. The van der Waals surface area contributed by atoms with Crippen molar-refractivity contribution in [2.75, 3.05) is 18.1 Å². The van der Waals surface area contributed by atoms with Crippen molar-refractivity contribution in [2.24, 2.45) is 17.3 Å². The first-order valence-corrected chi connectivity index (χ1v) is 8.38. The van der Waals surface area contributed by atoms with Gasteiger partial charge in [0.25, 0.3) is 0 Å². The maximum absolute atomic E-state index is 11.3. The summed E-state index contributed by atoms with van der Waals surface area (Å²) >= 11 is 2.54. The van der Waals surface area contributed by atoms with E-state index in [9.17, 15) is 4.79 Å². The molecule has 4 rings (SSSR count). The zero-order valence-electron chi connectivity index (χ0n) is 10.9. The molecule has 0 saturated heterocycles. The van der Waals surface area contributed by atoms with Gasteiger partial charge in [0.05, 0.1) is 12.7 Å². The van der Waals surface area contributed by atoms with Crippen LogP contribution in [-0.2, 0) is 14.3 Å². The van der Waals surface area contributed by atoms with E-state index < -0.39 is 0 Å². The summed E-state index contributed by atoms with van der Waals surface area (Å²) < 4.78 is 12.0. The maximum atomic E-state index is 11.3. The van der Waals surface area contributed by atoms with Gasteiger partial charge < -0.3 is 9.47 Å². The highest BCUT2D eigenvalue weighted by Crippen LogP contribution is 2.63. The lowest BCUT2D eigenvalue weighted by molar-refractivity contribution is -0.195. The Morgan fingerprint density at radius 1 is 1.28 bits per heavy atom. The summed E-state index contributed by atoms with van der Waals surface area (Å²) in [6, 6.07) is 0. The molecule has 4 aliphatic carbocycles. The van der Waals surface area contributed by atoms with Crippen LogP contribution in [0.5, 0.6) is 0 Å². The van der Waals surface area contributed by atoms with Crippen LogP contribution in [0.15, 0.2) is 0 Å². The van der Waals surface area contributed by atoms with E-state index in [4.69, 9.17) is 9.47 Å². The highest BCUT2D eigenvalue weighted by molar-refractivity contribution is 14.1. The van der Waals surface area contributed by atoms with Crippen molar-refractivity contribution in [3.8, 4) is 0 Å². The van der Waals surface area contributed by atoms with Crippen molar-refractivity contribution in [1.29, 1.82) is 0 Å². The number of alkyl halides is 1. The molecular formula is C14H21IO3. The minimum atomic E-state index is -0.241. The van der Waals surface area contributed by atoms with Gasteiger partial charge in [0.1, 0.15) is 6.61 Å². The summed E-state index contributed by atoms with van der Waals surface area (Å²) in [5, 5.41) is 0. The molecule has 4 heteroatoms. The molecule has 0 amide bonds. The molecule has 4 aliphatic rings. The summed E-state index contributed by atoms with van der Waals surface area (Å²) in [5.41, 5.74) is 0.490. The number of ether oxygens (including phenoxy) is 2. The minimum Gasteiger partial charge on any atom is -0.467 e. The van der Waals surface area contributed by atoms with E-state index in [-0.39, 0.29) is 18.2 Å². The molecular weight excluding hydrogens is 343 g/mol. The SMILES string of the molecule is COC(=O)COC12CC3CC(CC(CI)(C3)C1)C2. The van der Waals surface area contributed by atoms with E-state index in [1.807, 2.05) is 0 Å². The van der Waals surface area contributed by atoms with Crippen LogP contribution in [0.1, 0.15) is 38.5 Å². The number of methoxy groups -OCH3 is 1. The van der Waals surface area contributed by atoms with E-state index >= 15 is 0 Å². The number of hydrogen-bond acceptors (Lipinski definition) is 3.